The molecule has 0 amide bonds. The number of nitrogens with one attached hydrogen (secondary N) is 1. The Morgan fingerprint density at radius 2 is 2.44 bits per heavy atom. The Hall–Kier alpha value is -1.40. The summed E-state index contributed by atoms with van der Waals surface area (Å²) in [6.07, 6.45) is 1.43. The van der Waals surface area contributed by atoms with Crippen molar-refractivity contribution in [1.82, 2.24) is 9.55 Å². The van der Waals surface area contributed by atoms with Crippen LogP contribution < -0.4 is 10.2 Å². The average Bonchev–Trinajstić information content (AvgIpc) is 2.75. The van der Waals surface area contributed by atoms with E-state index in [1.807, 2.05) is 4.57 Å². The standard InChI is InChI=1S/C10H13N3O3/c11-7-1-2-13-6-3-5(4-14)8(15)9(6)16-10(13)12-7/h1-2,5-6,8-9,11,14-15H,3-4H2. The maximum absolute atomic E-state index is 9.93. The van der Waals surface area contributed by atoms with E-state index in [0.29, 0.717) is 12.4 Å². The second-order valence-electron chi connectivity index (χ2n) is 4.32. The number of hydrogen-bond donors (Lipinski definition) is 3. The topological polar surface area (TPSA) is 91.4 Å². The molecule has 3 rings (SSSR count). The van der Waals surface area contributed by atoms with Crippen molar-refractivity contribution in [3.05, 3.63) is 17.8 Å². The fourth-order valence-electron chi connectivity index (χ4n) is 2.56. The molecule has 2 aliphatic rings. The van der Waals surface area contributed by atoms with Crippen LogP contribution in [0.25, 0.3) is 0 Å². The van der Waals surface area contributed by atoms with Crippen molar-refractivity contribution in [2.45, 2.75) is 24.7 Å². The van der Waals surface area contributed by atoms with Crippen LogP contribution in [-0.2, 0) is 0 Å². The monoisotopic (exact) mass is 223 g/mol. The van der Waals surface area contributed by atoms with Crippen LogP contribution in [0.1, 0.15) is 12.5 Å². The van der Waals surface area contributed by atoms with Gasteiger partial charge in [-0.1, -0.05) is 0 Å². The molecule has 1 fully saturated rings. The zero-order chi connectivity index (χ0) is 11.3. The van der Waals surface area contributed by atoms with Crippen molar-refractivity contribution < 1.29 is 14.9 Å². The van der Waals surface area contributed by atoms with E-state index in [-0.39, 0.29) is 30.2 Å². The Morgan fingerprint density at radius 3 is 3.19 bits per heavy atom. The number of ether oxygens (including phenoxy) is 1. The summed E-state index contributed by atoms with van der Waals surface area (Å²) in [7, 11) is 0. The van der Waals surface area contributed by atoms with Gasteiger partial charge in [0.1, 0.15) is 6.10 Å². The van der Waals surface area contributed by atoms with Crippen molar-refractivity contribution in [1.29, 1.82) is 5.41 Å². The van der Waals surface area contributed by atoms with Crippen molar-refractivity contribution in [2.24, 2.45) is 5.92 Å². The van der Waals surface area contributed by atoms with Crippen molar-refractivity contribution in [2.75, 3.05) is 6.61 Å². The zero-order valence-electron chi connectivity index (χ0n) is 8.58. The highest BCUT2D eigenvalue weighted by Gasteiger charge is 2.49. The molecule has 2 heterocycles. The van der Waals surface area contributed by atoms with Crippen LogP contribution >= 0.6 is 0 Å². The first-order chi connectivity index (χ1) is 7.70. The molecule has 6 nitrogen and oxygen atoms in total. The van der Waals surface area contributed by atoms with E-state index in [1.54, 1.807) is 12.3 Å². The van der Waals surface area contributed by atoms with Crippen molar-refractivity contribution >= 4 is 0 Å². The molecule has 1 aliphatic carbocycles. The Morgan fingerprint density at radius 1 is 1.62 bits per heavy atom. The molecule has 1 aromatic heterocycles. The lowest BCUT2D eigenvalue weighted by atomic mass is 10.1. The van der Waals surface area contributed by atoms with Gasteiger partial charge in [0.25, 0.3) is 6.01 Å². The van der Waals surface area contributed by atoms with Crippen LogP contribution in [0, 0.1) is 11.3 Å². The van der Waals surface area contributed by atoms with E-state index in [9.17, 15) is 5.11 Å². The zero-order valence-corrected chi connectivity index (χ0v) is 8.58. The molecule has 3 N–H and O–H groups in total. The molecule has 4 atom stereocenters. The molecule has 1 aliphatic heterocycles. The van der Waals surface area contributed by atoms with Gasteiger partial charge in [0, 0.05) is 18.7 Å². The second-order valence-corrected chi connectivity index (χ2v) is 4.32. The molecule has 1 aromatic rings. The number of hydrogen-bond acceptors (Lipinski definition) is 5. The summed E-state index contributed by atoms with van der Waals surface area (Å²) < 4.78 is 7.36. The van der Waals surface area contributed by atoms with E-state index in [0.717, 1.165) is 0 Å². The van der Waals surface area contributed by atoms with Gasteiger partial charge in [0.15, 0.2) is 5.49 Å². The van der Waals surface area contributed by atoms with Crippen LogP contribution in [0.4, 0.5) is 0 Å². The van der Waals surface area contributed by atoms with E-state index < -0.39 is 6.10 Å². The number of rotatable bonds is 1. The predicted octanol–water partition coefficient (Wildman–Crippen LogP) is -0.962. The highest BCUT2D eigenvalue weighted by Crippen LogP contribution is 2.42. The number of aliphatic hydroxyl groups excluding tert-OH is 2. The molecule has 1 saturated carbocycles. The van der Waals surface area contributed by atoms with Gasteiger partial charge >= 0.3 is 0 Å². The fraction of sp³-hybridized carbons (Fsp3) is 0.600. The molecule has 4 unspecified atom stereocenters. The SMILES string of the molecule is N=c1ccn2c(n1)OC1C(O)C(CO)CC12. The molecule has 0 saturated heterocycles. The number of fused-ring (bicyclic) bond motifs is 3. The third kappa shape index (κ3) is 1.20. The van der Waals surface area contributed by atoms with Gasteiger partial charge in [-0.05, 0) is 12.5 Å². The smallest absolute Gasteiger partial charge is 0.299 e. The van der Waals surface area contributed by atoms with Gasteiger partial charge in [-0.2, -0.15) is 4.98 Å². The minimum Gasteiger partial charge on any atom is -0.456 e. The van der Waals surface area contributed by atoms with Crippen LogP contribution in [0.2, 0.25) is 0 Å². The summed E-state index contributed by atoms with van der Waals surface area (Å²) in [5.74, 6) is -0.133. The summed E-state index contributed by atoms with van der Waals surface area (Å²) in [6, 6.07) is 2.00. The Kier molecular flexibility index (Phi) is 2.02. The first-order valence-corrected chi connectivity index (χ1v) is 5.30. The Balaban J connectivity index is 1.99. The largest absolute Gasteiger partial charge is 0.456 e. The lowest BCUT2D eigenvalue weighted by Gasteiger charge is -2.15. The van der Waals surface area contributed by atoms with Gasteiger partial charge < -0.3 is 14.9 Å². The first kappa shape index (κ1) is 9.80. The van der Waals surface area contributed by atoms with Gasteiger partial charge in [0.2, 0.25) is 0 Å². The van der Waals surface area contributed by atoms with E-state index in [1.165, 1.54) is 0 Å². The van der Waals surface area contributed by atoms with Gasteiger partial charge in [-0.15, -0.1) is 0 Å². The van der Waals surface area contributed by atoms with Crippen molar-refractivity contribution in [3.63, 3.8) is 0 Å². The fourth-order valence-corrected chi connectivity index (χ4v) is 2.56. The molecule has 86 valence electrons. The van der Waals surface area contributed by atoms with Crippen molar-refractivity contribution in [3.8, 4) is 6.01 Å². The normalized spacial score (nSPS) is 35.6. The molecular formula is C10H13N3O3. The van der Waals surface area contributed by atoms with Crippen LogP contribution in [0.5, 0.6) is 6.01 Å². The average molecular weight is 223 g/mol. The maximum atomic E-state index is 9.93. The van der Waals surface area contributed by atoms with E-state index >= 15 is 0 Å². The van der Waals surface area contributed by atoms with Crippen LogP contribution in [0.3, 0.4) is 0 Å². The number of aliphatic hydroxyl groups is 2. The third-order valence-electron chi connectivity index (χ3n) is 3.41. The maximum Gasteiger partial charge on any atom is 0.299 e. The Labute approximate surface area is 91.6 Å². The van der Waals surface area contributed by atoms with Gasteiger partial charge in [-0.25, -0.2) is 0 Å². The highest BCUT2D eigenvalue weighted by molar-refractivity contribution is 5.13. The second kappa shape index (κ2) is 3.29. The molecule has 0 aromatic carbocycles. The third-order valence-corrected chi connectivity index (χ3v) is 3.41. The van der Waals surface area contributed by atoms with E-state index in [2.05, 4.69) is 4.98 Å². The van der Waals surface area contributed by atoms with Crippen LogP contribution in [-0.4, -0.2) is 38.6 Å². The van der Waals surface area contributed by atoms with Gasteiger partial charge in [-0.3, -0.25) is 9.98 Å². The quantitative estimate of drug-likeness (QED) is 0.571. The summed E-state index contributed by atoms with van der Waals surface area (Å²) in [6.45, 7) is -0.0304. The molecule has 0 spiro atoms. The molecule has 6 heteroatoms. The van der Waals surface area contributed by atoms with Crippen LogP contribution in [0.15, 0.2) is 12.3 Å². The summed E-state index contributed by atoms with van der Waals surface area (Å²) >= 11 is 0. The summed E-state index contributed by atoms with van der Waals surface area (Å²) in [4.78, 5) is 3.96. The molecular weight excluding hydrogens is 210 g/mol. The predicted molar refractivity (Wildman–Crippen MR) is 52.7 cm³/mol. The number of aromatic nitrogens is 2. The Bertz CT molecular complexity index is 473. The van der Waals surface area contributed by atoms with E-state index in [4.69, 9.17) is 15.3 Å². The molecule has 16 heavy (non-hydrogen) atoms. The summed E-state index contributed by atoms with van der Waals surface area (Å²) in [5, 5.41) is 26.4. The van der Waals surface area contributed by atoms with Gasteiger partial charge in [0.05, 0.1) is 12.1 Å². The first-order valence-electron chi connectivity index (χ1n) is 5.30. The minimum absolute atomic E-state index is 0.0234. The lowest BCUT2D eigenvalue weighted by molar-refractivity contribution is 0.0210. The molecule has 0 radical (unpaired) electrons. The minimum atomic E-state index is -0.661. The lowest BCUT2D eigenvalue weighted by Crippen LogP contribution is -2.31. The highest BCUT2D eigenvalue weighted by atomic mass is 16.5. The summed E-state index contributed by atoms with van der Waals surface area (Å²) in [5.41, 5.74) is 0.152. The number of nitrogens with zero attached hydrogens (tertiary/aromatic N) is 2. The molecule has 0 bridgehead atoms.